The van der Waals surface area contributed by atoms with Crippen molar-refractivity contribution in [3.05, 3.63) is 35.4 Å². The van der Waals surface area contributed by atoms with E-state index in [4.69, 9.17) is 9.73 Å². The van der Waals surface area contributed by atoms with E-state index in [0.717, 1.165) is 28.3 Å². The Labute approximate surface area is 328 Å². The molecule has 1 saturated heterocycles. The Bertz CT molecular complexity index is 1520. The molecule has 54 heavy (non-hydrogen) atoms. The second kappa shape index (κ2) is 19.1. The molecule has 1 aromatic rings. The topological polar surface area (TPSA) is 134 Å². The number of nitrogens with one attached hydrogen (secondary N) is 2. The molecule has 1 aromatic carbocycles. The Morgan fingerprint density at radius 2 is 1.63 bits per heavy atom. The molecule has 3 aliphatic heterocycles. The van der Waals surface area contributed by atoms with Gasteiger partial charge in [-0.15, -0.1) is 11.8 Å². The molecule has 1 fully saturated rings. The highest BCUT2D eigenvalue weighted by molar-refractivity contribution is 8.14. The predicted molar refractivity (Wildman–Crippen MR) is 216 cm³/mol. The fraction of sp³-hybridized carbons (Fsp3) is 0.721. The number of carbonyl (C=O) groups is 5. The Morgan fingerprint density at radius 1 is 0.944 bits per heavy atom. The highest BCUT2D eigenvalue weighted by Crippen LogP contribution is 2.36. The number of benzene rings is 1. The number of amides is 3. The van der Waals surface area contributed by atoms with Gasteiger partial charge in [0.2, 0.25) is 17.7 Å². The molecule has 2 bridgehead atoms. The number of fused-ring (bicyclic) bond motifs is 2. The molecule has 4 rings (SSSR count). The highest BCUT2D eigenvalue weighted by atomic mass is 32.2. The maximum Gasteiger partial charge on any atom is 0.329 e. The van der Waals surface area contributed by atoms with E-state index in [1.54, 1.807) is 23.6 Å². The molecule has 0 aromatic heterocycles. The van der Waals surface area contributed by atoms with Gasteiger partial charge in [-0.25, -0.2) is 4.79 Å². The first-order valence-corrected chi connectivity index (χ1v) is 21.2. The third-order valence-corrected chi connectivity index (χ3v) is 12.9. The largest absolute Gasteiger partial charge is 0.460 e. The summed E-state index contributed by atoms with van der Waals surface area (Å²) >= 11 is 1.78. The second-order valence-electron chi connectivity index (χ2n) is 17.9. The number of thioether (sulfide) groups is 1. The van der Waals surface area contributed by atoms with E-state index >= 15 is 0 Å². The molecule has 11 heteroatoms. The molecule has 2 N–H and O–H groups in total. The summed E-state index contributed by atoms with van der Waals surface area (Å²) < 4.78 is 6.30. The third kappa shape index (κ3) is 11.9. The van der Waals surface area contributed by atoms with Gasteiger partial charge in [-0.2, -0.15) is 0 Å². The van der Waals surface area contributed by atoms with Gasteiger partial charge < -0.3 is 20.3 Å². The first-order chi connectivity index (χ1) is 25.3. The molecular formula is C43H66N4O6S. The van der Waals surface area contributed by atoms with Crippen molar-refractivity contribution in [2.24, 2.45) is 40.0 Å². The minimum absolute atomic E-state index is 0.00424. The zero-order valence-corrected chi connectivity index (χ0v) is 35.2. The summed E-state index contributed by atoms with van der Waals surface area (Å²) in [5, 5.41) is 6.86. The molecule has 3 amide bonds. The highest BCUT2D eigenvalue weighted by Gasteiger charge is 2.42. The van der Waals surface area contributed by atoms with Crippen molar-refractivity contribution >= 4 is 46.3 Å². The van der Waals surface area contributed by atoms with E-state index in [1.165, 1.54) is 0 Å². The number of esters is 1. The molecule has 9 atom stereocenters. The van der Waals surface area contributed by atoms with E-state index in [9.17, 15) is 24.0 Å². The van der Waals surface area contributed by atoms with Crippen molar-refractivity contribution in [3.8, 4) is 0 Å². The summed E-state index contributed by atoms with van der Waals surface area (Å²) in [6, 6.07) is 5.37. The smallest absolute Gasteiger partial charge is 0.329 e. The van der Waals surface area contributed by atoms with Crippen molar-refractivity contribution in [2.75, 3.05) is 12.3 Å². The quantitative estimate of drug-likeness (QED) is 0.327. The molecule has 0 spiro atoms. The van der Waals surface area contributed by atoms with Crippen LogP contribution in [0.4, 0.5) is 0 Å². The number of nitrogens with zero attached hydrogens (tertiary/aromatic N) is 2. The maximum absolute atomic E-state index is 14.1. The lowest BCUT2D eigenvalue weighted by atomic mass is 9.80. The molecule has 0 unspecified atom stereocenters. The van der Waals surface area contributed by atoms with E-state index in [1.807, 2.05) is 45.0 Å². The lowest BCUT2D eigenvalue weighted by Crippen LogP contribution is -2.57. The van der Waals surface area contributed by atoms with Crippen LogP contribution in [0.2, 0.25) is 0 Å². The van der Waals surface area contributed by atoms with Gasteiger partial charge in [0.05, 0.1) is 11.1 Å². The van der Waals surface area contributed by atoms with Crippen molar-refractivity contribution in [1.82, 2.24) is 15.5 Å². The van der Waals surface area contributed by atoms with Crippen LogP contribution in [0.5, 0.6) is 0 Å². The zero-order valence-electron chi connectivity index (χ0n) is 34.4. The number of ketones is 1. The third-order valence-electron chi connectivity index (χ3n) is 11.6. The van der Waals surface area contributed by atoms with Gasteiger partial charge >= 0.3 is 5.97 Å². The normalized spacial score (nSPS) is 31.9. The summed E-state index contributed by atoms with van der Waals surface area (Å²) in [6.45, 7) is 20.7. The Kier molecular flexibility index (Phi) is 15.4. The number of aryl methyl sites for hydroxylation is 1. The number of hydrogen-bond acceptors (Lipinski definition) is 8. The van der Waals surface area contributed by atoms with Gasteiger partial charge in [-0.05, 0) is 81.1 Å². The van der Waals surface area contributed by atoms with Gasteiger partial charge in [-0.1, -0.05) is 85.2 Å². The fourth-order valence-corrected chi connectivity index (χ4v) is 9.11. The molecule has 3 aliphatic rings. The molecule has 10 nitrogen and oxygen atoms in total. The van der Waals surface area contributed by atoms with Gasteiger partial charge in [0.1, 0.15) is 30.0 Å². The average molecular weight is 767 g/mol. The van der Waals surface area contributed by atoms with Crippen molar-refractivity contribution in [1.29, 1.82) is 0 Å². The van der Waals surface area contributed by atoms with Crippen LogP contribution >= 0.6 is 11.8 Å². The second-order valence-corrected chi connectivity index (χ2v) is 18.9. The molecule has 0 aliphatic carbocycles. The zero-order chi connectivity index (χ0) is 39.9. The van der Waals surface area contributed by atoms with Crippen molar-refractivity contribution in [2.45, 2.75) is 151 Å². The first kappa shape index (κ1) is 43.5. The van der Waals surface area contributed by atoms with Crippen LogP contribution in [0.1, 0.15) is 118 Å². The molecule has 0 saturated carbocycles. The van der Waals surface area contributed by atoms with Gasteiger partial charge in [0.15, 0.2) is 0 Å². The van der Waals surface area contributed by atoms with Gasteiger partial charge in [0, 0.05) is 37.0 Å². The van der Waals surface area contributed by atoms with Gasteiger partial charge in [0.25, 0.3) is 0 Å². The summed E-state index contributed by atoms with van der Waals surface area (Å²) in [7, 11) is 0. The number of carbonyl (C=O) groups excluding carboxylic acids is 5. The van der Waals surface area contributed by atoms with Crippen LogP contribution < -0.4 is 10.6 Å². The maximum atomic E-state index is 14.1. The van der Waals surface area contributed by atoms with Crippen LogP contribution in [0.15, 0.2) is 29.3 Å². The number of Topliss-reactive ketones (excluding diaryl/α,β-unsaturated/α-hetero) is 1. The van der Waals surface area contributed by atoms with Crippen molar-refractivity contribution < 1.29 is 28.7 Å². The average Bonchev–Trinajstić information content (AvgIpc) is 3.79. The standard InChI is InChI=1S/C43H66N4O6S/c1-25(2)37-41(51)47-19-11-12-35(47)42(52)53-36(43(8,9)10)21-27(4)20-28(5)29(6)40-45-33(24-54-40)17-18-34(48)23-32(22-31-15-13-26(3)14-16-31)39(50)44-30(7)38(49)46-37/h13-16,25,27-30,32-33,35-37H,11-12,17-24H2,1-10H3,(H,44,50)(H,46,49)/t27-,28-,29-,30-,32+,33-,35-,36-,37-/m0/s1. The van der Waals surface area contributed by atoms with E-state index in [-0.39, 0.29) is 59.3 Å². The molecule has 0 radical (unpaired) electrons. The number of rotatable bonds is 3. The van der Waals surface area contributed by atoms with Crippen LogP contribution in [0.25, 0.3) is 0 Å². The van der Waals surface area contributed by atoms with Crippen LogP contribution in [0.3, 0.4) is 0 Å². The number of cyclic esters (lactones) is 1. The number of hydrogen-bond donors (Lipinski definition) is 2. The molecular weight excluding hydrogens is 701 g/mol. The van der Waals surface area contributed by atoms with Crippen LogP contribution in [0, 0.1) is 41.9 Å². The van der Waals surface area contributed by atoms with Crippen LogP contribution in [-0.2, 0) is 35.1 Å². The monoisotopic (exact) mass is 766 g/mol. The van der Waals surface area contributed by atoms with Crippen LogP contribution in [-0.4, -0.2) is 82.0 Å². The Hall–Kier alpha value is -3.21. The minimum Gasteiger partial charge on any atom is -0.460 e. The lowest BCUT2D eigenvalue weighted by Gasteiger charge is -2.36. The predicted octanol–water partition coefficient (Wildman–Crippen LogP) is 6.70. The lowest BCUT2D eigenvalue weighted by molar-refractivity contribution is -0.164. The summed E-state index contributed by atoms with van der Waals surface area (Å²) in [5.41, 5.74) is 1.73. The minimum atomic E-state index is -0.960. The Morgan fingerprint density at radius 3 is 2.28 bits per heavy atom. The summed E-state index contributed by atoms with van der Waals surface area (Å²) in [6.07, 6.45) is 3.85. The SMILES string of the molecule is Cc1ccc(C[C@@H]2CC(=O)CC[C@H]3CSC(=N3)[C@@H](C)[C@@H](C)C[C@H](C)C[C@@H](C(C)(C)C)OC(=O)[C@@H]3CCCN3C(=O)[C@H](C(C)C)NC(=O)[C@H](C)NC2=O)cc1. The summed E-state index contributed by atoms with van der Waals surface area (Å²) in [5.74, 6) is -0.811. The summed E-state index contributed by atoms with van der Waals surface area (Å²) in [4.78, 5) is 75.5. The molecule has 300 valence electrons. The van der Waals surface area contributed by atoms with E-state index in [0.29, 0.717) is 51.0 Å². The first-order valence-electron chi connectivity index (χ1n) is 20.2. The van der Waals surface area contributed by atoms with E-state index in [2.05, 4.69) is 52.2 Å². The van der Waals surface area contributed by atoms with E-state index < -0.39 is 35.9 Å². The fourth-order valence-electron chi connectivity index (χ4n) is 7.79. The number of ether oxygens (including phenoxy) is 1. The molecule has 3 heterocycles. The van der Waals surface area contributed by atoms with Gasteiger partial charge in [-0.3, -0.25) is 24.2 Å². The number of aliphatic imine (C=N–C) groups is 1. The van der Waals surface area contributed by atoms with Crippen molar-refractivity contribution in [3.63, 3.8) is 0 Å². The Balaban J connectivity index is 1.61.